The molecule has 5 rings (SSSR count). The minimum atomic E-state index is -0.306. The van der Waals surface area contributed by atoms with E-state index in [0.717, 1.165) is 27.9 Å². The number of halogens is 1. The van der Waals surface area contributed by atoms with Gasteiger partial charge < -0.3 is 0 Å². The van der Waals surface area contributed by atoms with E-state index >= 15 is 0 Å². The largest absolute Gasteiger partial charge is 0.274 e. The van der Waals surface area contributed by atoms with Gasteiger partial charge in [0.2, 0.25) is 0 Å². The summed E-state index contributed by atoms with van der Waals surface area (Å²) in [5, 5.41) is 6.16. The van der Waals surface area contributed by atoms with E-state index in [0.29, 0.717) is 12.0 Å². The van der Waals surface area contributed by atoms with Gasteiger partial charge in [0.15, 0.2) is 0 Å². The van der Waals surface area contributed by atoms with Crippen LogP contribution in [0.2, 0.25) is 0 Å². The number of hydrazone groups is 1. The van der Waals surface area contributed by atoms with Gasteiger partial charge in [-0.15, -0.1) is 0 Å². The van der Waals surface area contributed by atoms with Crippen molar-refractivity contribution < 1.29 is 9.18 Å². The fraction of sp³-hybridized carbons (Fsp3) is 0.0833. The summed E-state index contributed by atoms with van der Waals surface area (Å²) in [6, 6.07) is 20.8. The van der Waals surface area contributed by atoms with E-state index in [2.05, 4.69) is 15.1 Å². The minimum Gasteiger partial charge on any atom is -0.267 e. The van der Waals surface area contributed by atoms with Gasteiger partial charge in [0.25, 0.3) is 5.91 Å². The van der Waals surface area contributed by atoms with Crippen LogP contribution in [0.4, 0.5) is 4.39 Å². The summed E-state index contributed by atoms with van der Waals surface area (Å²) in [5.41, 5.74) is 4.58. The van der Waals surface area contributed by atoms with Crippen molar-refractivity contribution in [1.82, 2.24) is 15.0 Å². The predicted molar refractivity (Wildman–Crippen MR) is 112 cm³/mol. The summed E-state index contributed by atoms with van der Waals surface area (Å²) >= 11 is 0. The standard InChI is InChI=1S/C24H17FN4O/c25-19-9-6-16(7-10-19)21-15-23(18-8-11-20-22(14-18)27-13-12-26-20)29(28-21)24(30)17-4-2-1-3-5-17/h1-14,23H,15H2/t23-/m0/s1. The molecule has 0 radical (unpaired) electrons. The third-order valence-corrected chi connectivity index (χ3v) is 5.19. The molecule has 0 saturated heterocycles. The average molecular weight is 396 g/mol. The third-order valence-electron chi connectivity index (χ3n) is 5.19. The molecule has 0 aliphatic carbocycles. The number of rotatable bonds is 3. The van der Waals surface area contributed by atoms with Crippen molar-refractivity contribution >= 4 is 22.7 Å². The van der Waals surface area contributed by atoms with Gasteiger partial charge in [0.05, 0.1) is 22.8 Å². The van der Waals surface area contributed by atoms with Crippen LogP contribution in [0.5, 0.6) is 0 Å². The lowest BCUT2D eigenvalue weighted by atomic mass is 9.97. The fourth-order valence-corrected chi connectivity index (χ4v) is 3.67. The molecule has 1 aliphatic heterocycles. The Morgan fingerprint density at radius 3 is 2.40 bits per heavy atom. The first-order chi connectivity index (χ1) is 14.7. The fourth-order valence-electron chi connectivity index (χ4n) is 3.67. The number of carbonyl (C=O) groups is 1. The molecule has 0 saturated carbocycles. The Bertz CT molecular complexity index is 1260. The first-order valence-corrected chi connectivity index (χ1v) is 9.62. The molecule has 1 aliphatic rings. The Morgan fingerprint density at radius 1 is 0.900 bits per heavy atom. The second kappa shape index (κ2) is 7.48. The number of hydrogen-bond acceptors (Lipinski definition) is 4. The number of aromatic nitrogens is 2. The minimum absolute atomic E-state index is 0.183. The van der Waals surface area contributed by atoms with Crippen LogP contribution in [-0.2, 0) is 0 Å². The van der Waals surface area contributed by atoms with Crippen molar-refractivity contribution in [3.05, 3.63) is 108 Å². The van der Waals surface area contributed by atoms with Gasteiger partial charge in [-0.1, -0.05) is 36.4 Å². The van der Waals surface area contributed by atoms with Crippen LogP contribution in [0, 0.1) is 5.82 Å². The molecule has 1 atom stereocenters. The quantitative estimate of drug-likeness (QED) is 0.502. The monoisotopic (exact) mass is 396 g/mol. The van der Waals surface area contributed by atoms with Crippen molar-refractivity contribution in [2.45, 2.75) is 12.5 Å². The highest BCUT2D eigenvalue weighted by Crippen LogP contribution is 2.34. The lowest BCUT2D eigenvalue weighted by Gasteiger charge is -2.22. The zero-order chi connectivity index (χ0) is 20.5. The van der Waals surface area contributed by atoms with E-state index in [-0.39, 0.29) is 17.8 Å². The normalized spacial score (nSPS) is 16.0. The Labute approximate surface area is 172 Å². The molecule has 1 aromatic heterocycles. The highest BCUT2D eigenvalue weighted by atomic mass is 19.1. The Morgan fingerprint density at radius 2 is 1.63 bits per heavy atom. The lowest BCUT2D eigenvalue weighted by molar-refractivity contribution is 0.0711. The van der Waals surface area contributed by atoms with Gasteiger partial charge in [-0.3, -0.25) is 14.8 Å². The summed E-state index contributed by atoms with van der Waals surface area (Å²) in [4.78, 5) is 22.0. The van der Waals surface area contributed by atoms with Gasteiger partial charge in [-0.05, 0) is 47.5 Å². The number of fused-ring (bicyclic) bond motifs is 1. The van der Waals surface area contributed by atoms with Crippen molar-refractivity contribution in [2.24, 2.45) is 5.10 Å². The van der Waals surface area contributed by atoms with E-state index in [9.17, 15) is 9.18 Å². The van der Waals surface area contributed by atoms with Gasteiger partial charge in [0.1, 0.15) is 5.82 Å². The van der Waals surface area contributed by atoms with E-state index in [1.807, 2.05) is 36.4 Å². The van der Waals surface area contributed by atoms with Crippen LogP contribution >= 0.6 is 0 Å². The molecular weight excluding hydrogens is 379 g/mol. The van der Waals surface area contributed by atoms with E-state index in [1.54, 1.807) is 36.7 Å². The van der Waals surface area contributed by atoms with Crippen LogP contribution in [0.25, 0.3) is 11.0 Å². The lowest BCUT2D eigenvalue weighted by Crippen LogP contribution is -2.27. The van der Waals surface area contributed by atoms with Crippen LogP contribution in [0.1, 0.15) is 33.9 Å². The molecule has 6 heteroatoms. The molecule has 0 fully saturated rings. The van der Waals surface area contributed by atoms with E-state index < -0.39 is 0 Å². The number of hydrogen-bond donors (Lipinski definition) is 0. The van der Waals surface area contributed by atoms with Gasteiger partial charge in [-0.25, -0.2) is 9.40 Å². The molecule has 0 N–H and O–H groups in total. The molecule has 0 unspecified atom stereocenters. The van der Waals surface area contributed by atoms with E-state index in [1.165, 1.54) is 17.1 Å². The Hall–Kier alpha value is -3.93. The molecule has 2 heterocycles. The summed E-state index contributed by atoms with van der Waals surface area (Å²) in [6.07, 6.45) is 3.82. The maximum Gasteiger partial charge on any atom is 0.274 e. The third kappa shape index (κ3) is 3.33. The second-order valence-electron chi connectivity index (χ2n) is 7.09. The topological polar surface area (TPSA) is 58.5 Å². The molecule has 3 aromatic carbocycles. The summed E-state index contributed by atoms with van der Waals surface area (Å²) in [6.45, 7) is 0. The number of carbonyl (C=O) groups excluding carboxylic acids is 1. The molecule has 4 aromatic rings. The van der Waals surface area contributed by atoms with E-state index in [4.69, 9.17) is 0 Å². The van der Waals surface area contributed by atoms with Gasteiger partial charge in [0, 0.05) is 24.4 Å². The van der Waals surface area contributed by atoms with Crippen LogP contribution in [0.3, 0.4) is 0 Å². The summed E-state index contributed by atoms with van der Waals surface area (Å²) in [7, 11) is 0. The average Bonchev–Trinajstić information content (AvgIpc) is 3.25. The molecule has 1 amide bonds. The Kier molecular flexibility index (Phi) is 4.52. The SMILES string of the molecule is O=C(c1ccccc1)N1N=C(c2ccc(F)cc2)C[C@H]1c1ccc2nccnc2c1. The first kappa shape index (κ1) is 18.1. The van der Waals surface area contributed by atoms with Crippen molar-refractivity contribution in [3.63, 3.8) is 0 Å². The molecule has 0 spiro atoms. The Balaban J connectivity index is 1.57. The first-order valence-electron chi connectivity index (χ1n) is 9.62. The second-order valence-corrected chi connectivity index (χ2v) is 7.09. The summed E-state index contributed by atoms with van der Waals surface area (Å²) in [5.74, 6) is -0.490. The number of benzene rings is 3. The van der Waals surface area contributed by atoms with Gasteiger partial charge >= 0.3 is 0 Å². The van der Waals surface area contributed by atoms with Crippen LogP contribution in [-0.4, -0.2) is 26.6 Å². The zero-order valence-corrected chi connectivity index (χ0v) is 15.9. The van der Waals surface area contributed by atoms with Crippen molar-refractivity contribution in [3.8, 4) is 0 Å². The smallest absolute Gasteiger partial charge is 0.267 e. The molecule has 0 bridgehead atoms. The highest BCUT2D eigenvalue weighted by molar-refractivity contribution is 6.05. The number of amides is 1. The van der Waals surface area contributed by atoms with Crippen molar-refractivity contribution in [2.75, 3.05) is 0 Å². The predicted octanol–water partition coefficient (Wildman–Crippen LogP) is 4.76. The molecule has 146 valence electrons. The molecule has 5 nitrogen and oxygen atoms in total. The maximum atomic E-state index is 13.4. The number of nitrogens with zero attached hydrogens (tertiary/aromatic N) is 4. The summed E-state index contributed by atoms with van der Waals surface area (Å²) < 4.78 is 13.4. The molecular formula is C24H17FN4O. The highest BCUT2D eigenvalue weighted by Gasteiger charge is 2.33. The van der Waals surface area contributed by atoms with Crippen LogP contribution < -0.4 is 0 Å². The van der Waals surface area contributed by atoms with Crippen LogP contribution in [0.15, 0.2) is 90.3 Å². The van der Waals surface area contributed by atoms with Gasteiger partial charge in [-0.2, -0.15) is 5.10 Å². The molecule has 30 heavy (non-hydrogen) atoms. The maximum absolute atomic E-state index is 13.4. The zero-order valence-electron chi connectivity index (χ0n) is 15.9. The van der Waals surface area contributed by atoms with Crippen molar-refractivity contribution in [1.29, 1.82) is 0 Å².